The van der Waals surface area contributed by atoms with E-state index in [0.717, 1.165) is 16.7 Å². The minimum atomic E-state index is -0.355. The van der Waals surface area contributed by atoms with E-state index >= 15 is 0 Å². The Morgan fingerprint density at radius 3 is 2.33 bits per heavy atom. The summed E-state index contributed by atoms with van der Waals surface area (Å²) in [5, 5.41) is 0. The van der Waals surface area contributed by atoms with Gasteiger partial charge in [0.25, 0.3) is 0 Å². The Kier molecular flexibility index (Phi) is 3.32. The maximum Gasteiger partial charge on any atom is 0.363 e. The van der Waals surface area contributed by atoms with Gasteiger partial charge in [0.05, 0.1) is 0 Å². The van der Waals surface area contributed by atoms with Gasteiger partial charge < -0.3 is 4.74 Å². The minimum absolute atomic E-state index is 0.355. The first-order chi connectivity index (χ1) is 8.51. The van der Waals surface area contributed by atoms with Gasteiger partial charge in [0.15, 0.2) is 11.6 Å². The standard InChI is InChI=1S/C15H17NO2/c1-5-14-16-13(15(17)18-14)8-12-10(3)6-9(2)7-11(12)4/h6-8H,5H2,1-4H3/b13-8-. The van der Waals surface area contributed by atoms with E-state index in [4.69, 9.17) is 4.74 Å². The van der Waals surface area contributed by atoms with Gasteiger partial charge >= 0.3 is 5.97 Å². The molecule has 2 rings (SSSR count). The van der Waals surface area contributed by atoms with Gasteiger partial charge in [0, 0.05) is 6.42 Å². The maximum absolute atomic E-state index is 11.6. The van der Waals surface area contributed by atoms with E-state index in [1.54, 1.807) is 0 Å². The predicted octanol–water partition coefficient (Wildman–Crippen LogP) is 3.32. The number of hydrogen-bond donors (Lipinski definition) is 0. The van der Waals surface area contributed by atoms with E-state index in [2.05, 4.69) is 24.0 Å². The lowest BCUT2D eigenvalue weighted by molar-refractivity contribution is -0.130. The van der Waals surface area contributed by atoms with Crippen molar-refractivity contribution in [1.29, 1.82) is 0 Å². The summed E-state index contributed by atoms with van der Waals surface area (Å²) in [4.78, 5) is 15.8. The van der Waals surface area contributed by atoms with Crippen LogP contribution in [0.1, 0.15) is 35.6 Å². The topological polar surface area (TPSA) is 38.7 Å². The monoisotopic (exact) mass is 243 g/mol. The van der Waals surface area contributed by atoms with Crippen LogP contribution in [0.5, 0.6) is 0 Å². The number of benzene rings is 1. The van der Waals surface area contributed by atoms with Crippen molar-refractivity contribution in [2.24, 2.45) is 4.99 Å². The van der Waals surface area contributed by atoms with Gasteiger partial charge in [-0.15, -0.1) is 0 Å². The van der Waals surface area contributed by atoms with Gasteiger partial charge in [-0.3, -0.25) is 0 Å². The van der Waals surface area contributed by atoms with Gasteiger partial charge in [-0.25, -0.2) is 9.79 Å². The molecular formula is C15H17NO2. The average Bonchev–Trinajstić information content (AvgIpc) is 2.64. The molecule has 0 atom stereocenters. The molecule has 0 saturated carbocycles. The van der Waals surface area contributed by atoms with Gasteiger partial charge in [0.1, 0.15) is 0 Å². The lowest BCUT2D eigenvalue weighted by Gasteiger charge is -2.07. The second-order valence-corrected chi connectivity index (χ2v) is 4.59. The van der Waals surface area contributed by atoms with E-state index < -0.39 is 0 Å². The highest BCUT2D eigenvalue weighted by molar-refractivity contribution is 6.07. The molecule has 3 nitrogen and oxygen atoms in total. The highest BCUT2D eigenvalue weighted by atomic mass is 16.6. The molecule has 94 valence electrons. The van der Waals surface area contributed by atoms with Crippen LogP contribution in [0.25, 0.3) is 6.08 Å². The van der Waals surface area contributed by atoms with E-state index in [9.17, 15) is 4.79 Å². The fourth-order valence-electron chi connectivity index (χ4n) is 2.16. The van der Waals surface area contributed by atoms with E-state index in [-0.39, 0.29) is 5.97 Å². The molecule has 0 radical (unpaired) electrons. The zero-order chi connectivity index (χ0) is 13.3. The normalized spacial score (nSPS) is 17.0. The molecule has 0 aliphatic carbocycles. The lowest BCUT2D eigenvalue weighted by Crippen LogP contribution is -2.02. The van der Waals surface area contributed by atoms with Crippen LogP contribution in [-0.2, 0) is 9.53 Å². The third-order valence-electron chi connectivity index (χ3n) is 2.99. The third-order valence-corrected chi connectivity index (χ3v) is 2.99. The smallest absolute Gasteiger partial charge is 0.363 e. The maximum atomic E-state index is 11.6. The van der Waals surface area contributed by atoms with Crippen LogP contribution >= 0.6 is 0 Å². The number of aryl methyl sites for hydroxylation is 3. The van der Waals surface area contributed by atoms with E-state index in [1.165, 1.54) is 5.56 Å². The van der Waals surface area contributed by atoms with Crippen LogP contribution in [0.2, 0.25) is 0 Å². The van der Waals surface area contributed by atoms with Crippen LogP contribution in [0.4, 0.5) is 0 Å². The minimum Gasteiger partial charge on any atom is -0.407 e. The van der Waals surface area contributed by atoms with Crippen molar-refractivity contribution in [3.63, 3.8) is 0 Å². The van der Waals surface area contributed by atoms with Crippen LogP contribution in [0, 0.1) is 20.8 Å². The Morgan fingerprint density at radius 2 is 1.83 bits per heavy atom. The number of cyclic esters (lactones) is 1. The largest absolute Gasteiger partial charge is 0.407 e. The van der Waals surface area contributed by atoms with Crippen molar-refractivity contribution in [2.45, 2.75) is 34.1 Å². The summed E-state index contributed by atoms with van der Waals surface area (Å²) in [7, 11) is 0. The average molecular weight is 243 g/mol. The lowest BCUT2D eigenvalue weighted by atomic mass is 9.99. The highest BCUT2D eigenvalue weighted by Crippen LogP contribution is 2.22. The summed E-state index contributed by atoms with van der Waals surface area (Å²) in [6, 6.07) is 4.20. The van der Waals surface area contributed by atoms with Crippen molar-refractivity contribution in [1.82, 2.24) is 0 Å². The van der Waals surface area contributed by atoms with Crippen LogP contribution in [-0.4, -0.2) is 11.9 Å². The summed E-state index contributed by atoms with van der Waals surface area (Å²) in [5.74, 6) is 0.139. The molecule has 0 spiro atoms. The van der Waals surface area contributed by atoms with Crippen LogP contribution < -0.4 is 0 Å². The van der Waals surface area contributed by atoms with Gasteiger partial charge in [-0.2, -0.15) is 0 Å². The molecule has 1 aromatic rings. The Balaban J connectivity index is 2.46. The molecule has 0 saturated heterocycles. The number of esters is 1. The summed E-state index contributed by atoms with van der Waals surface area (Å²) in [6.45, 7) is 8.06. The second-order valence-electron chi connectivity index (χ2n) is 4.59. The van der Waals surface area contributed by atoms with Crippen molar-refractivity contribution in [3.8, 4) is 0 Å². The van der Waals surface area contributed by atoms with Crippen molar-refractivity contribution < 1.29 is 9.53 Å². The molecule has 18 heavy (non-hydrogen) atoms. The molecule has 3 heteroatoms. The van der Waals surface area contributed by atoms with E-state index in [0.29, 0.717) is 18.0 Å². The molecule has 0 aromatic heterocycles. The highest BCUT2D eigenvalue weighted by Gasteiger charge is 2.21. The summed E-state index contributed by atoms with van der Waals surface area (Å²) in [5.41, 5.74) is 4.95. The Hall–Kier alpha value is -1.90. The van der Waals surface area contributed by atoms with Gasteiger partial charge in [-0.05, 0) is 43.5 Å². The van der Waals surface area contributed by atoms with Crippen molar-refractivity contribution in [3.05, 3.63) is 40.1 Å². The Labute approximate surface area is 107 Å². The number of nitrogens with zero attached hydrogens (tertiary/aromatic N) is 1. The SMILES string of the molecule is CCC1=N/C(=C\c2c(C)cc(C)cc2C)C(=O)O1. The number of rotatable bonds is 2. The first-order valence-electron chi connectivity index (χ1n) is 6.10. The van der Waals surface area contributed by atoms with Crippen molar-refractivity contribution >= 4 is 17.9 Å². The quantitative estimate of drug-likeness (QED) is 0.590. The summed E-state index contributed by atoms with van der Waals surface area (Å²) >= 11 is 0. The molecule has 0 unspecified atom stereocenters. The molecule has 1 heterocycles. The molecule has 0 fully saturated rings. The number of carbonyl (C=O) groups is 1. The van der Waals surface area contributed by atoms with Crippen molar-refractivity contribution in [2.75, 3.05) is 0 Å². The van der Waals surface area contributed by atoms with Crippen LogP contribution in [0.15, 0.2) is 22.8 Å². The van der Waals surface area contributed by atoms with Gasteiger partial charge in [0.2, 0.25) is 0 Å². The molecular weight excluding hydrogens is 226 g/mol. The number of aliphatic imine (C=N–C) groups is 1. The number of ether oxygens (including phenoxy) is 1. The fourth-order valence-corrected chi connectivity index (χ4v) is 2.16. The molecule has 1 aliphatic rings. The number of hydrogen-bond acceptors (Lipinski definition) is 3. The second kappa shape index (κ2) is 4.77. The predicted molar refractivity (Wildman–Crippen MR) is 72.4 cm³/mol. The number of carbonyl (C=O) groups excluding carboxylic acids is 1. The zero-order valence-electron chi connectivity index (χ0n) is 11.2. The van der Waals surface area contributed by atoms with Gasteiger partial charge in [-0.1, -0.05) is 24.6 Å². The Bertz CT molecular complexity index is 545. The fraction of sp³-hybridized carbons (Fsp3) is 0.333. The van der Waals surface area contributed by atoms with Crippen LogP contribution in [0.3, 0.4) is 0 Å². The van der Waals surface area contributed by atoms with E-state index in [1.807, 2.05) is 26.8 Å². The molecule has 1 aromatic carbocycles. The summed E-state index contributed by atoms with van der Waals surface area (Å²) in [6.07, 6.45) is 2.45. The first-order valence-corrected chi connectivity index (χ1v) is 6.10. The third kappa shape index (κ3) is 2.35. The summed E-state index contributed by atoms with van der Waals surface area (Å²) < 4.78 is 5.04. The first kappa shape index (κ1) is 12.6. The molecule has 1 aliphatic heterocycles. The molecule has 0 amide bonds. The zero-order valence-corrected chi connectivity index (χ0v) is 11.2. The molecule has 0 N–H and O–H groups in total. The molecule has 0 bridgehead atoms. The Morgan fingerprint density at radius 1 is 1.22 bits per heavy atom.